The first kappa shape index (κ1) is 26.2. The molecule has 2 N–H and O–H groups in total. The van der Waals surface area contributed by atoms with Crippen LogP contribution in [0.25, 0.3) is 16.0 Å². The first-order valence-electron chi connectivity index (χ1n) is 12.3. The number of fused-ring (bicyclic) bond motifs is 1. The smallest absolute Gasteiger partial charge is 0.301 e. The number of ketones is 1. The van der Waals surface area contributed by atoms with E-state index in [2.05, 4.69) is 4.98 Å². The Bertz CT molecular complexity index is 1630. The van der Waals surface area contributed by atoms with Crippen LogP contribution in [-0.4, -0.2) is 41.1 Å². The molecular weight excluding hydrogens is 516 g/mol. The van der Waals surface area contributed by atoms with E-state index in [-0.39, 0.29) is 22.5 Å². The van der Waals surface area contributed by atoms with Gasteiger partial charge in [-0.2, -0.15) is 0 Å². The number of Topliss-reactive ketones (excluding diaryl/α,β-unsaturated/α-hetero) is 1. The van der Waals surface area contributed by atoms with Gasteiger partial charge in [-0.3, -0.25) is 14.5 Å². The summed E-state index contributed by atoms with van der Waals surface area (Å²) in [6.45, 7) is 6.06. The van der Waals surface area contributed by atoms with Crippen molar-refractivity contribution >= 4 is 44.1 Å². The number of hydrogen-bond acceptors (Lipinski definition) is 8. The van der Waals surface area contributed by atoms with Crippen molar-refractivity contribution in [2.45, 2.75) is 32.2 Å². The number of rotatable bonds is 5. The number of aliphatic hydroxyl groups is 1. The summed E-state index contributed by atoms with van der Waals surface area (Å²) in [7, 11) is 3.14. The number of phenols is 1. The number of nitrogens with zero attached hydrogens (tertiary/aromatic N) is 2. The fraction of sp³-hybridized carbons (Fsp3) is 0.233. The molecule has 200 valence electrons. The van der Waals surface area contributed by atoms with Gasteiger partial charge < -0.3 is 19.7 Å². The highest BCUT2D eigenvalue weighted by molar-refractivity contribution is 7.22. The fourth-order valence-electron chi connectivity index (χ4n) is 4.72. The number of aromatic nitrogens is 1. The maximum absolute atomic E-state index is 13.5. The fourth-order valence-corrected chi connectivity index (χ4v) is 5.74. The van der Waals surface area contributed by atoms with Crippen LogP contribution >= 0.6 is 11.3 Å². The lowest BCUT2D eigenvalue weighted by Gasteiger charge is -2.24. The van der Waals surface area contributed by atoms with Gasteiger partial charge in [-0.15, -0.1) is 0 Å². The Morgan fingerprint density at radius 1 is 0.974 bits per heavy atom. The maximum atomic E-state index is 13.5. The lowest BCUT2D eigenvalue weighted by atomic mass is 9.84. The van der Waals surface area contributed by atoms with Gasteiger partial charge in [0, 0.05) is 11.1 Å². The summed E-state index contributed by atoms with van der Waals surface area (Å²) in [5.74, 6) is -0.596. The number of carbonyl (C=O) groups excluding carboxylic acids is 2. The average molecular weight is 545 g/mol. The summed E-state index contributed by atoms with van der Waals surface area (Å²) in [5, 5.41) is 21.8. The molecule has 0 spiro atoms. The molecule has 1 amide bonds. The molecule has 1 aromatic heterocycles. The third-order valence-electron chi connectivity index (χ3n) is 6.72. The molecule has 4 aromatic rings. The molecule has 9 heteroatoms. The monoisotopic (exact) mass is 544 g/mol. The second kappa shape index (κ2) is 9.74. The van der Waals surface area contributed by atoms with Crippen LogP contribution in [0.15, 0.2) is 66.2 Å². The Labute approximate surface area is 229 Å². The molecule has 1 aliphatic rings. The number of benzene rings is 3. The molecule has 0 saturated carbocycles. The molecule has 1 fully saturated rings. The number of phenolic OH excluding ortho intramolecular Hbond substituents is 1. The summed E-state index contributed by atoms with van der Waals surface area (Å²) in [6, 6.07) is 15.8. The van der Waals surface area contributed by atoms with Gasteiger partial charge in [-0.25, -0.2) is 4.98 Å². The van der Waals surface area contributed by atoms with Crippen LogP contribution in [0, 0.1) is 0 Å². The van der Waals surface area contributed by atoms with Crippen molar-refractivity contribution < 1.29 is 29.3 Å². The van der Waals surface area contributed by atoms with Crippen molar-refractivity contribution in [1.29, 1.82) is 0 Å². The molecule has 1 atom stereocenters. The lowest BCUT2D eigenvalue weighted by molar-refractivity contribution is -0.132. The van der Waals surface area contributed by atoms with E-state index in [9.17, 15) is 19.8 Å². The number of aromatic hydroxyl groups is 1. The van der Waals surface area contributed by atoms with E-state index < -0.39 is 17.7 Å². The molecule has 8 nitrogen and oxygen atoms in total. The van der Waals surface area contributed by atoms with Gasteiger partial charge in [0.2, 0.25) is 0 Å². The Morgan fingerprint density at radius 3 is 2.33 bits per heavy atom. The van der Waals surface area contributed by atoms with Gasteiger partial charge in [0.1, 0.15) is 23.0 Å². The number of carbonyl (C=O) groups is 2. The van der Waals surface area contributed by atoms with E-state index >= 15 is 0 Å². The Balaban J connectivity index is 1.72. The standard InChI is InChI=1S/C30H28N2O6S/c1-30(2,3)20-14-17(8-13-22(20)38-5)26(34)24-25(16-6-9-18(33)10-7-16)32(28(36)27(24)35)29-31-21-12-11-19(37-4)15-23(21)39-29/h6-15,25,33-34H,1-5H3/b26-24+. The van der Waals surface area contributed by atoms with Gasteiger partial charge in [0.25, 0.3) is 5.78 Å². The number of ether oxygens (including phenoxy) is 2. The zero-order valence-corrected chi connectivity index (χ0v) is 23.0. The minimum absolute atomic E-state index is 0.0350. The number of thiazole rings is 1. The number of amides is 1. The van der Waals surface area contributed by atoms with Crippen LogP contribution in [0.5, 0.6) is 17.2 Å². The lowest BCUT2D eigenvalue weighted by Crippen LogP contribution is -2.29. The van der Waals surface area contributed by atoms with Gasteiger partial charge in [-0.1, -0.05) is 44.2 Å². The van der Waals surface area contributed by atoms with E-state index in [4.69, 9.17) is 9.47 Å². The van der Waals surface area contributed by atoms with E-state index in [0.29, 0.717) is 33.3 Å². The molecule has 39 heavy (non-hydrogen) atoms. The number of hydrogen-bond donors (Lipinski definition) is 2. The summed E-state index contributed by atoms with van der Waals surface area (Å²) >= 11 is 1.24. The second-order valence-electron chi connectivity index (χ2n) is 10.3. The molecule has 1 saturated heterocycles. The molecule has 1 unspecified atom stereocenters. The van der Waals surface area contributed by atoms with E-state index in [0.717, 1.165) is 10.3 Å². The molecule has 3 aromatic carbocycles. The van der Waals surface area contributed by atoms with Gasteiger partial charge in [0.15, 0.2) is 5.13 Å². The zero-order chi connectivity index (χ0) is 28.1. The van der Waals surface area contributed by atoms with Crippen LogP contribution in [-0.2, 0) is 15.0 Å². The van der Waals surface area contributed by atoms with Crippen LogP contribution in [0.1, 0.15) is 43.5 Å². The highest BCUT2D eigenvalue weighted by Gasteiger charge is 2.48. The van der Waals surface area contributed by atoms with Crippen molar-refractivity contribution in [2.75, 3.05) is 19.1 Å². The molecular formula is C30H28N2O6S. The first-order chi connectivity index (χ1) is 18.5. The first-order valence-corrected chi connectivity index (χ1v) is 13.1. The predicted molar refractivity (Wildman–Crippen MR) is 151 cm³/mol. The van der Waals surface area contributed by atoms with E-state index in [1.807, 2.05) is 26.8 Å². The Hall–Kier alpha value is -4.37. The highest BCUT2D eigenvalue weighted by atomic mass is 32.1. The van der Waals surface area contributed by atoms with Crippen molar-refractivity contribution in [1.82, 2.24) is 4.98 Å². The van der Waals surface area contributed by atoms with Crippen LogP contribution in [0.3, 0.4) is 0 Å². The van der Waals surface area contributed by atoms with E-state index in [1.165, 1.54) is 28.4 Å². The van der Waals surface area contributed by atoms with Crippen LogP contribution < -0.4 is 14.4 Å². The van der Waals surface area contributed by atoms with E-state index in [1.54, 1.807) is 56.7 Å². The molecule has 0 aliphatic carbocycles. The van der Waals surface area contributed by atoms with Crippen molar-refractivity contribution in [3.8, 4) is 17.2 Å². The molecule has 0 radical (unpaired) electrons. The van der Waals surface area contributed by atoms with Crippen LogP contribution in [0.2, 0.25) is 0 Å². The van der Waals surface area contributed by atoms with Crippen LogP contribution in [0.4, 0.5) is 5.13 Å². The molecule has 2 heterocycles. The third-order valence-corrected chi connectivity index (χ3v) is 7.74. The summed E-state index contributed by atoms with van der Waals surface area (Å²) in [5.41, 5.74) is 2.03. The number of anilines is 1. The van der Waals surface area contributed by atoms with Crippen molar-refractivity contribution in [2.24, 2.45) is 0 Å². The second-order valence-corrected chi connectivity index (χ2v) is 11.3. The minimum Gasteiger partial charge on any atom is -0.508 e. The Morgan fingerprint density at radius 2 is 1.69 bits per heavy atom. The third kappa shape index (κ3) is 4.59. The molecule has 1 aliphatic heterocycles. The van der Waals surface area contributed by atoms with Crippen molar-refractivity contribution in [3.63, 3.8) is 0 Å². The predicted octanol–water partition coefficient (Wildman–Crippen LogP) is 5.94. The zero-order valence-electron chi connectivity index (χ0n) is 22.2. The molecule has 0 bridgehead atoms. The minimum atomic E-state index is -0.965. The van der Waals surface area contributed by atoms with Gasteiger partial charge >= 0.3 is 5.91 Å². The average Bonchev–Trinajstić information content (AvgIpc) is 3.45. The Kier molecular flexibility index (Phi) is 6.56. The number of aliphatic hydroxyl groups excluding tert-OH is 1. The van der Waals surface area contributed by atoms with Gasteiger partial charge in [0.05, 0.1) is 36.1 Å². The summed E-state index contributed by atoms with van der Waals surface area (Å²) < 4.78 is 11.6. The summed E-state index contributed by atoms with van der Waals surface area (Å²) in [6.07, 6.45) is 0. The molecule has 5 rings (SSSR count). The number of methoxy groups -OCH3 is 2. The topological polar surface area (TPSA) is 109 Å². The SMILES string of the molecule is COc1ccc2nc(N3C(=O)C(=O)/C(=C(/O)c4ccc(OC)c(C(C)(C)C)c4)C3c3ccc(O)cc3)sc2c1. The quantitative estimate of drug-likeness (QED) is 0.182. The van der Waals surface area contributed by atoms with Crippen molar-refractivity contribution in [3.05, 3.63) is 82.9 Å². The highest BCUT2D eigenvalue weighted by Crippen LogP contribution is 2.45. The van der Waals surface area contributed by atoms with Gasteiger partial charge in [-0.05, 0) is 59.5 Å². The summed E-state index contributed by atoms with van der Waals surface area (Å²) in [4.78, 5) is 33.0. The maximum Gasteiger partial charge on any atom is 0.301 e. The normalized spacial score (nSPS) is 17.2. The largest absolute Gasteiger partial charge is 0.508 e.